The van der Waals surface area contributed by atoms with Crippen LogP contribution < -0.4 is 15.0 Å². The fourth-order valence-corrected chi connectivity index (χ4v) is 3.20. The maximum Gasteiger partial charge on any atom is 0.227 e. The van der Waals surface area contributed by atoms with Crippen molar-refractivity contribution in [2.75, 3.05) is 18.6 Å². The lowest BCUT2D eigenvalue weighted by molar-refractivity contribution is -0.126. The van der Waals surface area contributed by atoms with E-state index in [1.54, 1.807) is 12.0 Å². The molecule has 1 saturated heterocycles. The largest absolute Gasteiger partial charge is 0.496 e. The highest BCUT2D eigenvalue weighted by atomic mass is 16.5. The van der Waals surface area contributed by atoms with Crippen molar-refractivity contribution in [2.45, 2.75) is 26.8 Å². The molecule has 0 unspecified atom stereocenters. The monoisotopic (exact) mass is 352 g/mol. The van der Waals surface area contributed by atoms with Crippen LogP contribution in [0.3, 0.4) is 0 Å². The average molecular weight is 352 g/mol. The molecule has 2 aromatic carbocycles. The van der Waals surface area contributed by atoms with Crippen molar-refractivity contribution in [2.24, 2.45) is 5.92 Å². The molecule has 26 heavy (non-hydrogen) atoms. The molecule has 1 N–H and O–H groups in total. The van der Waals surface area contributed by atoms with Crippen LogP contribution in [0.4, 0.5) is 5.69 Å². The second kappa shape index (κ2) is 7.60. The minimum absolute atomic E-state index is 0.00862. The average Bonchev–Trinajstić information content (AvgIpc) is 3.04. The van der Waals surface area contributed by atoms with Crippen LogP contribution in [0.5, 0.6) is 5.75 Å². The van der Waals surface area contributed by atoms with Gasteiger partial charge in [-0.2, -0.15) is 0 Å². The summed E-state index contributed by atoms with van der Waals surface area (Å²) in [4.78, 5) is 26.6. The molecule has 0 radical (unpaired) electrons. The predicted molar refractivity (Wildman–Crippen MR) is 101 cm³/mol. The third kappa shape index (κ3) is 3.72. The van der Waals surface area contributed by atoms with Crippen LogP contribution in [-0.4, -0.2) is 25.5 Å². The molecular formula is C21H24N2O3. The van der Waals surface area contributed by atoms with E-state index in [1.807, 2.05) is 56.3 Å². The highest BCUT2D eigenvalue weighted by Gasteiger charge is 2.35. The molecule has 5 nitrogen and oxygen atoms in total. The minimum Gasteiger partial charge on any atom is -0.496 e. The molecule has 5 heteroatoms. The first kappa shape index (κ1) is 18.0. The third-order valence-electron chi connectivity index (χ3n) is 4.94. The SMILES string of the molecule is COc1ccccc1CNC(=O)[C@H]1CC(=O)N(c2ccc(C)c(C)c2)C1. The minimum atomic E-state index is -0.334. The lowest BCUT2D eigenvalue weighted by Crippen LogP contribution is -2.32. The summed E-state index contributed by atoms with van der Waals surface area (Å²) in [6, 6.07) is 13.5. The van der Waals surface area contributed by atoms with Crippen molar-refractivity contribution in [1.82, 2.24) is 5.32 Å². The Bertz CT molecular complexity index is 832. The number of nitrogens with zero attached hydrogens (tertiary/aromatic N) is 1. The molecule has 136 valence electrons. The molecule has 0 bridgehead atoms. The first-order chi connectivity index (χ1) is 12.5. The number of rotatable bonds is 5. The van der Waals surface area contributed by atoms with E-state index >= 15 is 0 Å². The normalized spacial score (nSPS) is 16.7. The second-order valence-electron chi connectivity index (χ2n) is 6.70. The Morgan fingerprint density at radius 2 is 1.96 bits per heavy atom. The number of para-hydroxylation sites is 1. The van der Waals surface area contributed by atoms with Gasteiger partial charge in [-0.25, -0.2) is 0 Å². The Morgan fingerprint density at radius 3 is 2.69 bits per heavy atom. The van der Waals surface area contributed by atoms with Crippen molar-refractivity contribution in [1.29, 1.82) is 0 Å². The summed E-state index contributed by atoms with van der Waals surface area (Å²) in [5.74, 6) is 0.298. The summed E-state index contributed by atoms with van der Waals surface area (Å²) in [5, 5.41) is 2.93. The molecular weight excluding hydrogens is 328 g/mol. The molecule has 2 amide bonds. The third-order valence-corrected chi connectivity index (χ3v) is 4.94. The molecule has 0 aromatic heterocycles. The van der Waals surface area contributed by atoms with Gasteiger partial charge in [-0.1, -0.05) is 24.3 Å². The van der Waals surface area contributed by atoms with E-state index in [2.05, 4.69) is 5.32 Å². The zero-order chi connectivity index (χ0) is 18.7. The Morgan fingerprint density at radius 1 is 1.19 bits per heavy atom. The number of benzene rings is 2. The van der Waals surface area contributed by atoms with Gasteiger partial charge in [0.15, 0.2) is 0 Å². The fourth-order valence-electron chi connectivity index (χ4n) is 3.20. The maximum atomic E-state index is 12.5. The number of methoxy groups -OCH3 is 1. The summed E-state index contributed by atoms with van der Waals surface area (Å²) in [5.41, 5.74) is 4.10. The number of ether oxygens (including phenoxy) is 1. The molecule has 0 spiro atoms. The van der Waals surface area contributed by atoms with Gasteiger partial charge < -0.3 is 15.0 Å². The number of carbonyl (C=O) groups is 2. The second-order valence-corrected chi connectivity index (χ2v) is 6.70. The summed E-state index contributed by atoms with van der Waals surface area (Å²) in [6.45, 7) is 4.87. The van der Waals surface area contributed by atoms with Gasteiger partial charge in [-0.3, -0.25) is 9.59 Å². The van der Waals surface area contributed by atoms with Crippen molar-refractivity contribution in [3.63, 3.8) is 0 Å². The molecule has 1 aliphatic rings. The van der Waals surface area contributed by atoms with Gasteiger partial charge >= 0.3 is 0 Å². The zero-order valence-electron chi connectivity index (χ0n) is 15.4. The summed E-state index contributed by atoms with van der Waals surface area (Å²) in [6.07, 6.45) is 0.241. The first-order valence-electron chi connectivity index (χ1n) is 8.77. The smallest absolute Gasteiger partial charge is 0.227 e. The van der Waals surface area contributed by atoms with Crippen LogP contribution in [0, 0.1) is 19.8 Å². The molecule has 2 aromatic rings. The molecule has 1 atom stereocenters. The van der Waals surface area contributed by atoms with Gasteiger partial charge in [-0.05, 0) is 43.2 Å². The van der Waals surface area contributed by atoms with E-state index in [0.717, 1.165) is 22.6 Å². The Kier molecular flexibility index (Phi) is 5.26. The van der Waals surface area contributed by atoms with Crippen molar-refractivity contribution < 1.29 is 14.3 Å². The van der Waals surface area contributed by atoms with Crippen molar-refractivity contribution in [3.05, 3.63) is 59.2 Å². The van der Waals surface area contributed by atoms with Gasteiger partial charge in [0.1, 0.15) is 5.75 Å². The van der Waals surface area contributed by atoms with Crippen LogP contribution in [0.15, 0.2) is 42.5 Å². The molecule has 1 heterocycles. The van der Waals surface area contributed by atoms with Gasteiger partial charge in [0.2, 0.25) is 11.8 Å². The van der Waals surface area contributed by atoms with E-state index in [9.17, 15) is 9.59 Å². The molecule has 0 aliphatic carbocycles. The highest BCUT2D eigenvalue weighted by Crippen LogP contribution is 2.27. The summed E-state index contributed by atoms with van der Waals surface area (Å²) < 4.78 is 5.30. The van der Waals surface area contributed by atoms with E-state index < -0.39 is 0 Å². The zero-order valence-corrected chi connectivity index (χ0v) is 15.4. The number of hydrogen-bond donors (Lipinski definition) is 1. The number of aryl methyl sites for hydroxylation is 2. The van der Waals surface area contributed by atoms with Crippen LogP contribution in [0.1, 0.15) is 23.1 Å². The van der Waals surface area contributed by atoms with Gasteiger partial charge in [0, 0.05) is 30.8 Å². The maximum absolute atomic E-state index is 12.5. The summed E-state index contributed by atoms with van der Waals surface area (Å²) >= 11 is 0. The van der Waals surface area contributed by atoms with Crippen LogP contribution in [0.2, 0.25) is 0 Å². The number of hydrogen-bond acceptors (Lipinski definition) is 3. The van der Waals surface area contributed by atoms with E-state index in [4.69, 9.17) is 4.74 Å². The van der Waals surface area contributed by atoms with E-state index in [1.165, 1.54) is 5.56 Å². The van der Waals surface area contributed by atoms with Crippen LogP contribution >= 0.6 is 0 Å². The predicted octanol–water partition coefficient (Wildman–Crippen LogP) is 2.98. The Hall–Kier alpha value is -2.82. The molecule has 0 saturated carbocycles. The van der Waals surface area contributed by atoms with Crippen molar-refractivity contribution >= 4 is 17.5 Å². The lowest BCUT2D eigenvalue weighted by Gasteiger charge is -2.18. The molecule has 1 fully saturated rings. The Balaban J connectivity index is 1.64. The molecule has 1 aliphatic heterocycles. The standard InChI is InChI=1S/C21H24N2O3/c1-14-8-9-18(10-15(14)2)23-13-17(11-20(23)24)21(25)22-12-16-6-4-5-7-19(16)26-3/h4-10,17H,11-13H2,1-3H3,(H,22,25)/t17-/m0/s1. The van der Waals surface area contributed by atoms with Crippen LogP contribution in [0.25, 0.3) is 0 Å². The number of nitrogens with one attached hydrogen (secondary N) is 1. The van der Waals surface area contributed by atoms with Crippen LogP contribution in [-0.2, 0) is 16.1 Å². The van der Waals surface area contributed by atoms with Crippen molar-refractivity contribution in [3.8, 4) is 5.75 Å². The quantitative estimate of drug-likeness (QED) is 0.900. The first-order valence-corrected chi connectivity index (χ1v) is 8.77. The summed E-state index contributed by atoms with van der Waals surface area (Å²) in [7, 11) is 1.61. The fraction of sp³-hybridized carbons (Fsp3) is 0.333. The number of carbonyl (C=O) groups excluding carboxylic acids is 2. The van der Waals surface area contributed by atoms with Gasteiger partial charge in [-0.15, -0.1) is 0 Å². The lowest BCUT2D eigenvalue weighted by atomic mass is 10.1. The van der Waals surface area contributed by atoms with E-state index in [-0.39, 0.29) is 24.2 Å². The Labute approximate surface area is 154 Å². The van der Waals surface area contributed by atoms with E-state index in [0.29, 0.717) is 13.1 Å². The highest BCUT2D eigenvalue weighted by molar-refractivity contribution is 6.00. The number of anilines is 1. The topological polar surface area (TPSA) is 58.6 Å². The number of amides is 2. The van der Waals surface area contributed by atoms with Gasteiger partial charge in [0.25, 0.3) is 0 Å². The van der Waals surface area contributed by atoms with Gasteiger partial charge in [0.05, 0.1) is 13.0 Å². The molecule has 3 rings (SSSR count).